The lowest BCUT2D eigenvalue weighted by molar-refractivity contribution is -0.117. The Kier molecular flexibility index (Phi) is 4.93. The minimum Gasteiger partial charge on any atom is -0.349 e. The number of hydrogen-bond acceptors (Lipinski definition) is 3. The quantitative estimate of drug-likeness (QED) is 0.628. The zero-order valence-electron chi connectivity index (χ0n) is 14.0. The van der Waals surface area contributed by atoms with E-state index in [1.807, 2.05) is 6.92 Å². The summed E-state index contributed by atoms with van der Waals surface area (Å²) in [6.45, 7) is 2.16. The molecular formula is C20H20N2O3. The van der Waals surface area contributed by atoms with Gasteiger partial charge >= 0.3 is 0 Å². The third kappa shape index (κ3) is 4.53. The molecule has 2 amide bonds. The number of carbonyl (C=O) groups excluding carboxylic acids is 3. The molecule has 3 rings (SSSR count). The molecule has 0 aliphatic heterocycles. The first-order chi connectivity index (χ1) is 12.0. The molecule has 2 aromatic carbocycles. The first-order valence-electron chi connectivity index (χ1n) is 8.32. The van der Waals surface area contributed by atoms with E-state index >= 15 is 0 Å². The molecule has 1 fully saturated rings. The lowest BCUT2D eigenvalue weighted by atomic mass is 10.1. The van der Waals surface area contributed by atoms with Crippen LogP contribution in [0.4, 0.5) is 0 Å². The number of amides is 2. The average molecular weight is 336 g/mol. The highest BCUT2D eigenvalue weighted by Gasteiger charge is 2.23. The van der Waals surface area contributed by atoms with Gasteiger partial charge in [-0.15, -0.1) is 0 Å². The van der Waals surface area contributed by atoms with Crippen molar-refractivity contribution < 1.29 is 14.4 Å². The topological polar surface area (TPSA) is 75.3 Å². The largest absolute Gasteiger partial charge is 0.349 e. The van der Waals surface area contributed by atoms with Gasteiger partial charge in [-0.2, -0.15) is 0 Å². The summed E-state index contributed by atoms with van der Waals surface area (Å²) in [4.78, 5) is 36.0. The van der Waals surface area contributed by atoms with Gasteiger partial charge in [-0.05, 0) is 37.5 Å². The van der Waals surface area contributed by atoms with Gasteiger partial charge < -0.3 is 10.6 Å². The second-order valence-electron chi connectivity index (χ2n) is 6.32. The molecule has 2 N–H and O–H groups in total. The van der Waals surface area contributed by atoms with Crippen LogP contribution in [0.5, 0.6) is 0 Å². The maximum Gasteiger partial charge on any atom is 0.292 e. The van der Waals surface area contributed by atoms with E-state index < -0.39 is 11.7 Å². The van der Waals surface area contributed by atoms with Crippen molar-refractivity contribution in [3.05, 3.63) is 70.8 Å². The summed E-state index contributed by atoms with van der Waals surface area (Å²) in [7, 11) is 0. The molecule has 0 unspecified atom stereocenters. The number of Topliss-reactive ketones (excluding diaryl/α,β-unsaturated/α-hetero) is 1. The van der Waals surface area contributed by atoms with E-state index in [1.165, 1.54) is 0 Å². The Morgan fingerprint density at radius 3 is 2.12 bits per heavy atom. The molecule has 5 heteroatoms. The summed E-state index contributed by atoms with van der Waals surface area (Å²) >= 11 is 0. The van der Waals surface area contributed by atoms with Crippen molar-refractivity contribution in [2.75, 3.05) is 0 Å². The van der Waals surface area contributed by atoms with E-state index in [9.17, 15) is 14.4 Å². The van der Waals surface area contributed by atoms with Crippen molar-refractivity contribution in [2.24, 2.45) is 0 Å². The van der Waals surface area contributed by atoms with Crippen molar-refractivity contribution in [3.63, 3.8) is 0 Å². The molecule has 1 aliphatic carbocycles. The maximum atomic E-state index is 12.1. The lowest BCUT2D eigenvalue weighted by Gasteiger charge is -2.07. The Bertz CT molecular complexity index is 791. The number of aryl methyl sites for hydroxylation is 1. The van der Waals surface area contributed by atoms with Gasteiger partial charge in [-0.1, -0.05) is 42.0 Å². The Hall–Kier alpha value is -2.95. The number of carbonyl (C=O) groups is 3. The molecule has 0 aromatic heterocycles. The summed E-state index contributed by atoms with van der Waals surface area (Å²) < 4.78 is 0. The minimum atomic E-state index is -0.639. The van der Waals surface area contributed by atoms with Gasteiger partial charge in [-0.3, -0.25) is 14.4 Å². The highest BCUT2D eigenvalue weighted by molar-refractivity contribution is 6.42. The first kappa shape index (κ1) is 16.9. The second kappa shape index (κ2) is 7.30. The van der Waals surface area contributed by atoms with Crippen LogP contribution in [-0.4, -0.2) is 23.6 Å². The number of nitrogens with one attached hydrogen (secondary N) is 2. The first-order valence-corrected chi connectivity index (χ1v) is 8.32. The minimum absolute atomic E-state index is 0.0763. The van der Waals surface area contributed by atoms with Crippen LogP contribution in [0, 0.1) is 6.92 Å². The fourth-order valence-corrected chi connectivity index (χ4v) is 2.37. The Labute approximate surface area is 146 Å². The van der Waals surface area contributed by atoms with Crippen molar-refractivity contribution in [3.8, 4) is 0 Å². The molecule has 5 nitrogen and oxygen atoms in total. The molecular weight excluding hydrogens is 316 g/mol. The van der Waals surface area contributed by atoms with Crippen LogP contribution in [-0.2, 0) is 11.3 Å². The summed E-state index contributed by atoms with van der Waals surface area (Å²) in [5.74, 6) is -1.27. The molecule has 0 bridgehead atoms. The fraction of sp³-hybridized carbons (Fsp3) is 0.250. The maximum absolute atomic E-state index is 12.1. The molecule has 0 heterocycles. The normalized spacial score (nSPS) is 13.2. The second-order valence-corrected chi connectivity index (χ2v) is 6.32. The van der Waals surface area contributed by atoms with Gasteiger partial charge in [0.1, 0.15) is 0 Å². The van der Waals surface area contributed by atoms with Crippen LogP contribution in [0.25, 0.3) is 0 Å². The standard InChI is InChI=1S/C20H20N2O3/c1-13-2-6-15(7-3-13)18(23)20(25)21-12-14-4-8-16(9-5-14)19(24)22-17-10-11-17/h2-9,17H,10-12H2,1H3,(H,21,25)(H,22,24). The molecule has 0 saturated heterocycles. The van der Waals surface area contributed by atoms with Crippen molar-refractivity contribution in [2.45, 2.75) is 32.4 Å². The van der Waals surface area contributed by atoms with Gasteiger partial charge in [0.2, 0.25) is 5.78 Å². The Balaban J connectivity index is 1.53. The third-order valence-electron chi connectivity index (χ3n) is 4.10. The predicted molar refractivity (Wildman–Crippen MR) is 94.3 cm³/mol. The zero-order valence-corrected chi connectivity index (χ0v) is 14.0. The van der Waals surface area contributed by atoms with E-state index in [0.717, 1.165) is 24.0 Å². The van der Waals surface area contributed by atoms with Gasteiger partial charge in [0, 0.05) is 23.7 Å². The van der Waals surface area contributed by atoms with Crippen LogP contribution in [0.15, 0.2) is 48.5 Å². The van der Waals surface area contributed by atoms with Gasteiger partial charge in [0.05, 0.1) is 0 Å². The van der Waals surface area contributed by atoms with Gasteiger partial charge in [0.15, 0.2) is 0 Å². The zero-order chi connectivity index (χ0) is 17.8. The van der Waals surface area contributed by atoms with Crippen LogP contribution in [0.2, 0.25) is 0 Å². The monoisotopic (exact) mass is 336 g/mol. The van der Waals surface area contributed by atoms with Crippen molar-refractivity contribution in [1.29, 1.82) is 0 Å². The molecule has 0 radical (unpaired) electrons. The van der Waals surface area contributed by atoms with E-state index in [2.05, 4.69) is 10.6 Å². The lowest BCUT2D eigenvalue weighted by Crippen LogP contribution is -2.30. The summed E-state index contributed by atoms with van der Waals surface area (Å²) in [5.41, 5.74) is 2.82. The predicted octanol–water partition coefficient (Wildman–Crippen LogP) is 2.39. The Morgan fingerprint density at radius 1 is 0.920 bits per heavy atom. The molecule has 128 valence electrons. The highest BCUT2D eigenvalue weighted by Crippen LogP contribution is 2.19. The molecule has 2 aromatic rings. The van der Waals surface area contributed by atoms with Gasteiger partial charge in [0.25, 0.3) is 11.8 Å². The summed E-state index contributed by atoms with van der Waals surface area (Å²) in [6, 6.07) is 14.2. The van der Waals surface area contributed by atoms with E-state index in [1.54, 1.807) is 48.5 Å². The number of rotatable bonds is 6. The van der Waals surface area contributed by atoms with Crippen LogP contribution >= 0.6 is 0 Å². The van der Waals surface area contributed by atoms with Crippen LogP contribution in [0.3, 0.4) is 0 Å². The third-order valence-corrected chi connectivity index (χ3v) is 4.10. The van der Waals surface area contributed by atoms with Crippen LogP contribution in [0.1, 0.15) is 44.7 Å². The summed E-state index contributed by atoms with van der Waals surface area (Å²) in [6.07, 6.45) is 2.09. The van der Waals surface area contributed by atoms with Crippen LogP contribution < -0.4 is 10.6 Å². The number of hydrogen-bond donors (Lipinski definition) is 2. The summed E-state index contributed by atoms with van der Waals surface area (Å²) in [5, 5.41) is 5.54. The molecule has 0 atom stereocenters. The fourth-order valence-electron chi connectivity index (χ4n) is 2.37. The SMILES string of the molecule is Cc1ccc(C(=O)C(=O)NCc2ccc(C(=O)NC3CC3)cc2)cc1. The van der Waals surface area contributed by atoms with E-state index in [0.29, 0.717) is 17.2 Å². The van der Waals surface area contributed by atoms with E-state index in [4.69, 9.17) is 0 Å². The van der Waals surface area contributed by atoms with E-state index in [-0.39, 0.29) is 12.5 Å². The number of benzene rings is 2. The van der Waals surface area contributed by atoms with Crippen molar-refractivity contribution >= 4 is 17.6 Å². The number of ketones is 1. The Morgan fingerprint density at radius 2 is 1.52 bits per heavy atom. The molecule has 0 spiro atoms. The van der Waals surface area contributed by atoms with Crippen molar-refractivity contribution in [1.82, 2.24) is 10.6 Å². The average Bonchev–Trinajstić information content (AvgIpc) is 3.44. The molecule has 25 heavy (non-hydrogen) atoms. The molecule has 1 saturated carbocycles. The molecule has 1 aliphatic rings. The highest BCUT2D eigenvalue weighted by atomic mass is 16.2. The smallest absolute Gasteiger partial charge is 0.292 e. The van der Waals surface area contributed by atoms with Gasteiger partial charge in [-0.25, -0.2) is 0 Å².